The molecular formula is C13H17N3O. The molecule has 2 bridgehead atoms. The summed E-state index contributed by atoms with van der Waals surface area (Å²) in [6.45, 7) is 1.11. The van der Waals surface area contributed by atoms with Gasteiger partial charge in [0.05, 0.1) is 11.4 Å². The second-order valence-corrected chi connectivity index (χ2v) is 4.99. The van der Waals surface area contributed by atoms with E-state index in [1.165, 1.54) is 19.3 Å². The quantitative estimate of drug-likeness (QED) is 0.819. The number of carbonyl (C=O) groups is 1. The summed E-state index contributed by atoms with van der Waals surface area (Å²) in [7, 11) is 0. The number of piperidine rings is 1. The van der Waals surface area contributed by atoms with Crippen molar-refractivity contribution in [2.45, 2.75) is 25.3 Å². The first-order chi connectivity index (χ1) is 8.24. The molecule has 1 saturated heterocycles. The minimum absolute atomic E-state index is 0.498. The molecule has 1 heterocycles. The van der Waals surface area contributed by atoms with E-state index in [0.717, 1.165) is 23.8 Å². The monoisotopic (exact) mass is 231 g/mol. The molecule has 1 aromatic carbocycles. The van der Waals surface area contributed by atoms with Crippen LogP contribution in [-0.4, -0.2) is 18.6 Å². The van der Waals surface area contributed by atoms with E-state index in [1.807, 2.05) is 18.2 Å². The van der Waals surface area contributed by atoms with Crippen LogP contribution in [0.3, 0.4) is 0 Å². The molecule has 2 fully saturated rings. The number of anilines is 2. The van der Waals surface area contributed by atoms with Crippen LogP contribution in [0.25, 0.3) is 0 Å². The number of nitrogens with two attached hydrogens (primary N) is 1. The molecular weight excluding hydrogens is 214 g/mol. The van der Waals surface area contributed by atoms with E-state index in [0.29, 0.717) is 6.04 Å². The fourth-order valence-electron chi connectivity index (χ4n) is 3.18. The largest absolute Gasteiger partial charge is 0.367 e. The average Bonchev–Trinajstić information content (AvgIpc) is 2.90. The summed E-state index contributed by atoms with van der Waals surface area (Å²) in [6, 6.07) is 8.05. The van der Waals surface area contributed by atoms with Crippen molar-refractivity contribution in [1.29, 1.82) is 0 Å². The third-order valence-electron chi connectivity index (χ3n) is 3.88. The second kappa shape index (κ2) is 3.95. The Bertz CT molecular complexity index is 446. The van der Waals surface area contributed by atoms with Crippen molar-refractivity contribution in [3.8, 4) is 0 Å². The first kappa shape index (κ1) is 10.4. The number of benzene rings is 1. The number of fused-ring (bicyclic) bond motifs is 2. The zero-order valence-corrected chi connectivity index (χ0v) is 9.73. The Morgan fingerprint density at radius 2 is 2.18 bits per heavy atom. The van der Waals surface area contributed by atoms with Crippen molar-refractivity contribution in [3.05, 3.63) is 24.3 Å². The second-order valence-electron chi connectivity index (χ2n) is 4.99. The minimum atomic E-state index is -0.498. The van der Waals surface area contributed by atoms with Crippen molar-refractivity contribution in [3.63, 3.8) is 0 Å². The van der Waals surface area contributed by atoms with Gasteiger partial charge in [-0.3, -0.25) is 0 Å². The van der Waals surface area contributed by atoms with Gasteiger partial charge in [0, 0.05) is 12.6 Å². The molecule has 1 aliphatic heterocycles. The summed E-state index contributed by atoms with van der Waals surface area (Å²) in [4.78, 5) is 13.4. The molecule has 2 atom stereocenters. The van der Waals surface area contributed by atoms with Crippen molar-refractivity contribution in [2.24, 2.45) is 11.7 Å². The Kier molecular flexibility index (Phi) is 2.42. The lowest BCUT2D eigenvalue weighted by atomic mass is 10.1. The molecule has 2 unspecified atom stereocenters. The number of carbonyl (C=O) groups excluding carboxylic acids is 1. The fourth-order valence-corrected chi connectivity index (χ4v) is 3.18. The number of amides is 2. The number of hydrogen-bond donors (Lipinski definition) is 2. The minimum Gasteiger partial charge on any atom is -0.367 e. The lowest BCUT2D eigenvalue weighted by Gasteiger charge is -2.30. The van der Waals surface area contributed by atoms with Gasteiger partial charge in [0.1, 0.15) is 0 Å². The smallest absolute Gasteiger partial charge is 0.316 e. The molecule has 2 aliphatic rings. The molecule has 2 amide bonds. The number of nitrogens with zero attached hydrogens (tertiary/aromatic N) is 1. The van der Waals surface area contributed by atoms with Gasteiger partial charge in [-0.05, 0) is 37.3 Å². The van der Waals surface area contributed by atoms with Crippen molar-refractivity contribution in [1.82, 2.24) is 0 Å². The van der Waals surface area contributed by atoms with Crippen LogP contribution in [-0.2, 0) is 0 Å². The standard InChI is InChI=1S/C13H17N3O/c14-13(17)15-11-3-1-2-4-12(11)16-8-9-5-6-10(16)7-9/h1-4,9-10H,5-8H2,(H3,14,15,17). The van der Waals surface area contributed by atoms with Crippen molar-refractivity contribution in [2.75, 3.05) is 16.8 Å². The molecule has 1 aliphatic carbocycles. The maximum Gasteiger partial charge on any atom is 0.316 e. The van der Waals surface area contributed by atoms with Crippen LogP contribution < -0.4 is 16.0 Å². The van der Waals surface area contributed by atoms with Crippen LogP contribution in [0.2, 0.25) is 0 Å². The van der Waals surface area contributed by atoms with Crippen LogP contribution in [0.5, 0.6) is 0 Å². The lowest BCUT2D eigenvalue weighted by Crippen LogP contribution is -2.33. The maximum absolute atomic E-state index is 11.0. The van der Waals surface area contributed by atoms with E-state index in [9.17, 15) is 4.79 Å². The molecule has 1 saturated carbocycles. The van der Waals surface area contributed by atoms with Gasteiger partial charge in [0.25, 0.3) is 0 Å². The maximum atomic E-state index is 11.0. The van der Waals surface area contributed by atoms with Crippen LogP contribution in [0.4, 0.5) is 16.2 Å². The van der Waals surface area contributed by atoms with Gasteiger partial charge in [-0.25, -0.2) is 4.79 Å². The number of urea groups is 1. The molecule has 0 aromatic heterocycles. The summed E-state index contributed by atoms with van der Waals surface area (Å²) < 4.78 is 0. The molecule has 0 spiro atoms. The summed E-state index contributed by atoms with van der Waals surface area (Å²) in [6.07, 6.45) is 3.92. The van der Waals surface area contributed by atoms with E-state index < -0.39 is 6.03 Å². The highest BCUT2D eigenvalue weighted by atomic mass is 16.2. The van der Waals surface area contributed by atoms with E-state index in [4.69, 9.17) is 5.73 Å². The first-order valence-corrected chi connectivity index (χ1v) is 6.16. The van der Waals surface area contributed by atoms with Crippen LogP contribution in [0, 0.1) is 5.92 Å². The molecule has 90 valence electrons. The molecule has 4 nitrogen and oxygen atoms in total. The highest BCUT2D eigenvalue weighted by molar-refractivity contribution is 5.92. The average molecular weight is 231 g/mol. The molecule has 4 heteroatoms. The SMILES string of the molecule is NC(=O)Nc1ccccc1N1CC2CCC1C2. The number of para-hydroxylation sites is 2. The predicted molar refractivity (Wildman–Crippen MR) is 68.1 cm³/mol. The fraction of sp³-hybridized carbons (Fsp3) is 0.462. The Morgan fingerprint density at radius 1 is 1.35 bits per heavy atom. The van der Waals surface area contributed by atoms with Gasteiger partial charge in [-0.15, -0.1) is 0 Å². The predicted octanol–water partition coefficient (Wildman–Crippen LogP) is 2.17. The van der Waals surface area contributed by atoms with E-state index in [2.05, 4.69) is 16.3 Å². The Balaban J connectivity index is 1.89. The Morgan fingerprint density at radius 3 is 2.82 bits per heavy atom. The molecule has 3 N–H and O–H groups in total. The zero-order valence-electron chi connectivity index (χ0n) is 9.73. The zero-order chi connectivity index (χ0) is 11.8. The topological polar surface area (TPSA) is 58.4 Å². The van der Waals surface area contributed by atoms with E-state index in [-0.39, 0.29) is 0 Å². The van der Waals surface area contributed by atoms with Crippen LogP contribution in [0.15, 0.2) is 24.3 Å². The number of rotatable bonds is 2. The summed E-state index contributed by atoms with van der Waals surface area (Å²) in [5.74, 6) is 0.835. The third-order valence-corrected chi connectivity index (χ3v) is 3.88. The number of hydrogen-bond acceptors (Lipinski definition) is 2. The van der Waals surface area contributed by atoms with Gasteiger partial charge >= 0.3 is 6.03 Å². The van der Waals surface area contributed by atoms with E-state index in [1.54, 1.807) is 0 Å². The highest BCUT2D eigenvalue weighted by Gasteiger charge is 2.38. The van der Waals surface area contributed by atoms with E-state index >= 15 is 0 Å². The van der Waals surface area contributed by atoms with Crippen molar-refractivity contribution >= 4 is 17.4 Å². The summed E-state index contributed by atoms with van der Waals surface area (Å²) >= 11 is 0. The molecule has 1 aromatic rings. The Hall–Kier alpha value is -1.71. The van der Waals surface area contributed by atoms with Crippen LogP contribution >= 0.6 is 0 Å². The van der Waals surface area contributed by atoms with Gasteiger partial charge in [-0.2, -0.15) is 0 Å². The molecule has 17 heavy (non-hydrogen) atoms. The summed E-state index contributed by atoms with van der Waals surface area (Å²) in [5.41, 5.74) is 7.14. The van der Waals surface area contributed by atoms with Crippen molar-refractivity contribution < 1.29 is 4.79 Å². The van der Waals surface area contributed by atoms with Gasteiger partial charge in [0.15, 0.2) is 0 Å². The van der Waals surface area contributed by atoms with Gasteiger partial charge in [0.2, 0.25) is 0 Å². The lowest BCUT2D eigenvalue weighted by molar-refractivity contribution is 0.259. The first-order valence-electron chi connectivity index (χ1n) is 6.16. The highest BCUT2D eigenvalue weighted by Crippen LogP contribution is 2.42. The Labute approximate surface area is 101 Å². The normalized spacial score (nSPS) is 26.2. The third kappa shape index (κ3) is 1.84. The van der Waals surface area contributed by atoms with Gasteiger partial charge in [-0.1, -0.05) is 12.1 Å². The number of primary amides is 1. The molecule has 3 rings (SSSR count). The summed E-state index contributed by atoms with van der Waals surface area (Å²) in [5, 5.41) is 2.71. The number of nitrogens with one attached hydrogen (secondary N) is 1. The van der Waals surface area contributed by atoms with Gasteiger partial charge < -0.3 is 16.0 Å². The van der Waals surface area contributed by atoms with Crippen LogP contribution in [0.1, 0.15) is 19.3 Å². The molecule has 0 radical (unpaired) electrons.